The number of benzene rings is 2. The van der Waals surface area contributed by atoms with Gasteiger partial charge in [0.25, 0.3) is 11.8 Å². The van der Waals surface area contributed by atoms with E-state index in [1.54, 1.807) is 48.5 Å². The van der Waals surface area contributed by atoms with Gasteiger partial charge in [0.1, 0.15) is 11.5 Å². The Balaban J connectivity index is 1.75. The van der Waals surface area contributed by atoms with Gasteiger partial charge in [0.15, 0.2) is 6.61 Å². The number of hydrogen-bond donors (Lipinski definition) is 2. The number of carbonyl (C=O) groups excluding carboxylic acids is 2. The zero-order valence-corrected chi connectivity index (χ0v) is 15.2. The van der Waals surface area contributed by atoms with Crippen LogP contribution in [0, 0.1) is 0 Å². The number of para-hydroxylation sites is 1. The Morgan fingerprint density at radius 3 is 2.42 bits per heavy atom. The molecular weight excluding hydrogens is 356 g/mol. The summed E-state index contributed by atoms with van der Waals surface area (Å²) in [6.45, 7) is 2.46. The molecule has 0 aliphatic heterocycles. The second-order valence-corrected chi connectivity index (χ2v) is 5.85. The summed E-state index contributed by atoms with van der Waals surface area (Å²) in [5, 5.41) is 0.408. The van der Waals surface area contributed by atoms with Crippen LogP contribution >= 0.6 is 11.6 Å². The Kier molecular flexibility index (Phi) is 7.76. The van der Waals surface area contributed by atoms with E-state index in [0.29, 0.717) is 28.7 Å². The van der Waals surface area contributed by atoms with Crippen LogP contribution in [0.2, 0.25) is 5.02 Å². The number of rotatable bonds is 8. The average molecular weight is 377 g/mol. The second-order valence-electron chi connectivity index (χ2n) is 5.45. The lowest BCUT2D eigenvalue weighted by atomic mass is 10.2. The first-order chi connectivity index (χ1) is 12.6. The number of ether oxygens (including phenoxy) is 2. The summed E-state index contributed by atoms with van der Waals surface area (Å²) in [7, 11) is 0. The van der Waals surface area contributed by atoms with Crippen molar-refractivity contribution in [1.82, 2.24) is 10.9 Å². The predicted octanol–water partition coefficient (Wildman–Crippen LogP) is 3.36. The third kappa shape index (κ3) is 6.29. The number of nitrogens with one attached hydrogen (secondary N) is 2. The van der Waals surface area contributed by atoms with Gasteiger partial charge in [-0.3, -0.25) is 20.4 Å². The third-order valence-electron chi connectivity index (χ3n) is 3.39. The molecule has 0 aromatic heterocycles. The summed E-state index contributed by atoms with van der Waals surface area (Å²) in [6.07, 6.45) is 2.03. The van der Waals surface area contributed by atoms with Gasteiger partial charge in [0.2, 0.25) is 0 Å². The van der Waals surface area contributed by atoms with Gasteiger partial charge in [-0.25, -0.2) is 0 Å². The van der Waals surface area contributed by atoms with Crippen LogP contribution in [0.15, 0.2) is 48.5 Å². The number of amides is 2. The molecule has 2 aromatic carbocycles. The van der Waals surface area contributed by atoms with Crippen LogP contribution in [0.25, 0.3) is 0 Å². The molecule has 2 amide bonds. The molecular formula is C19H21ClN2O4. The fraction of sp³-hybridized carbons (Fsp3) is 0.263. The van der Waals surface area contributed by atoms with Crippen molar-refractivity contribution in [2.24, 2.45) is 0 Å². The maximum absolute atomic E-state index is 12.0. The van der Waals surface area contributed by atoms with E-state index < -0.39 is 11.8 Å². The molecule has 138 valence electrons. The molecule has 0 aliphatic rings. The minimum atomic E-state index is -0.502. The van der Waals surface area contributed by atoms with Crippen LogP contribution in [0.5, 0.6) is 11.5 Å². The fourth-order valence-corrected chi connectivity index (χ4v) is 2.17. The van der Waals surface area contributed by atoms with Crippen molar-refractivity contribution in [3.8, 4) is 11.5 Å². The van der Waals surface area contributed by atoms with E-state index in [-0.39, 0.29) is 6.61 Å². The highest BCUT2D eigenvalue weighted by Crippen LogP contribution is 2.22. The van der Waals surface area contributed by atoms with Crippen molar-refractivity contribution in [2.75, 3.05) is 13.2 Å². The van der Waals surface area contributed by atoms with Crippen LogP contribution < -0.4 is 20.3 Å². The van der Waals surface area contributed by atoms with E-state index in [1.165, 1.54) is 0 Å². The van der Waals surface area contributed by atoms with Gasteiger partial charge in [0, 0.05) is 5.56 Å². The van der Waals surface area contributed by atoms with Crippen LogP contribution in [0.1, 0.15) is 30.1 Å². The highest BCUT2D eigenvalue weighted by Gasteiger charge is 2.09. The Hall–Kier alpha value is -2.73. The molecule has 0 bridgehead atoms. The van der Waals surface area contributed by atoms with Crippen LogP contribution in [0.4, 0.5) is 0 Å². The summed E-state index contributed by atoms with van der Waals surface area (Å²) in [5.74, 6) is 0.162. The molecule has 0 aliphatic carbocycles. The van der Waals surface area contributed by atoms with Crippen LogP contribution in [-0.2, 0) is 4.79 Å². The van der Waals surface area contributed by atoms with Gasteiger partial charge in [-0.2, -0.15) is 0 Å². The van der Waals surface area contributed by atoms with Crippen molar-refractivity contribution < 1.29 is 19.1 Å². The van der Waals surface area contributed by atoms with Crippen molar-refractivity contribution in [1.29, 1.82) is 0 Å². The minimum Gasteiger partial charge on any atom is -0.494 e. The summed E-state index contributed by atoms with van der Waals surface area (Å²) in [4.78, 5) is 23.8. The average Bonchev–Trinajstić information content (AvgIpc) is 2.66. The summed E-state index contributed by atoms with van der Waals surface area (Å²) >= 11 is 5.93. The topological polar surface area (TPSA) is 76.7 Å². The smallest absolute Gasteiger partial charge is 0.276 e. The maximum atomic E-state index is 12.0. The van der Waals surface area contributed by atoms with E-state index in [0.717, 1.165) is 12.8 Å². The summed E-state index contributed by atoms with van der Waals surface area (Å²) in [6, 6.07) is 13.5. The van der Waals surface area contributed by atoms with E-state index >= 15 is 0 Å². The monoisotopic (exact) mass is 376 g/mol. The highest BCUT2D eigenvalue weighted by molar-refractivity contribution is 6.32. The lowest BCUT2D eigenvalue weighted by Gasteiger charge is -2.10. The lowest BCUT2D eigenvalue weighted by Crippen LogP contribution is -2.43. The van der Waals surface area contributed by atoms with E-state index in [2.05, 4.69) is 17.8 Å². The van der Waals surface area contributed by atoms with E-state index in [9.17, 15) is 9.59 Å². The lowest BCUT2D eigenvalue weighted by molar-refractivity contribution is -0.123. The van der Waals surface area contributed by atoms with Crippen molar-refractivity contribution in [2.45, 2.75) is 19.8 Å². The molecule has 6 nitrogen and oxygen atoms in total. The SMILES string of the molecule is CCCCOc1ccc(C(=O)NNC(=O)COc2ccccc2Cl)cc1. The minimum absolute atomic E-state index is 0.270. The molecule has 2 aromatic rings. The summed E-state index contributed by atoms with van der Waals surface area (Å²) < 4.78 is 10.8. The molecule has 7 heteroatoms. The van der Waals surface area contributed by atoms with Gasteiger partial charge in [-0.15, -0.1) is 0 Å². The molecule has 0 radical (unpaired) electrons. The highest BCUT2D eigenvalue weighted by atomic mass is 35.5. The first kappa shape index (κ1) is 19.6. The molecule has 0 heterocycles. The van der Waals surface area contributed by atoms with Crippen molar-refractivity contribution in [3.05, 3.63) is 59.1 Å². The Labute approximate surface area is 157 Å². The molecule has 0 spiro atoms. The molecule has 0 atom stereocenters. The van der Waals surface area contributed by atoms with Gasteiger partial charge in [0.05, 0.1) is 11.6 Å². The molecule has 0 saturated carbocycles. The number of halogens is 1. The normalized spacial score (nSPS) is 10.1. The standard InChI is InChI=1S/C19H21ClN2O4/c1-2-3-12-25-15-10-8-14(9-11-15)19(24)22-21-18(23)13-26-17-7-5-4-6-16(17)20/h4-11H,2-3,12-13H2,1H3,(H,21,23)(H,22,24). The molecule has 2 rings (SSSR count). The molecule has 26 heavy (non-hydrogen) atoms. The first-order valence-electron chi connectivity index (χ1n) is 8.29. The Morgan fingerprint density at radius 1 is 1.00 bits per heavy atom. The molecule has 0 unspecified atom stereocenters. The van der Waals surface area contributed by atoms with Gasteiger partial charge < -0.3 is 9.47 Å². The third-order valence-corrected chi connectivity index (χ3v) is 3.71. The van der Waals surface area contributed by atoms with E-state index in [1.807, 2.05) is 0 Å². The van der Waals surface area contributed by atoms with E-state index in [4.69, 9.17) is 21.1 Å². The Morgan fingerprint density at radius 2 is 1.73 bits per heavy atom. The van der Waals surface area contributed by atoms with Crippen LogP contribution in [-0.4, -0.2) is 25.0 Å². The zero-order valence-electron chi connectivity index (χ0n) is 14.5. The number of hydrazine groups is 1. The number of unbranched alkanes of at least 4 members (excludes halogenated alkanes) is 1. The van der Waals surface area contributed by atoms with Crippen LogP contribution in [0.3, 0.4) is 0 Å². The predicted molar refractivity (Wildman–Crippen MR) is 99.4 cm³/mol. The molecule has 0 saturated heterocycles. The molecule has 2 N–H and O–H groups in total. The fourth-order valence-electron chi connectivity index (χ4n) is 1.98. The van der Waals surface area contributed by atoms with Gasteiger partial charge >= 0.3 is 0 Å². The Bertz CT molecular complexity index is 735. The quantitative estimate of drug-likeness (QED) is 0.547. The van der Waals surface area contributed by atoms with Gasteiger partial charge in [-0.1, -0.05) is 37.1 Å². The van der Waals surface area contributed by atoms with Crippen molar-refractivity contribution >= 4 is 23.4 Å². The first-order valence-corrected chi connectivity index (χ1v) is 8.67. The summed E-state index contributed by atoms with van der Waals surface area (Å²) in [5.41, 5.74) is 5.02. The maximum Gasteiger partial charge on any atom is 0.276 e. The second kappa shape index (κ2) is 10.3. The molecule has 0 fully saturated rings. The number of hydrogen-bond acceptors (Lipinski definition) is 4. The zero-order chi connectivity index (χ0) is 18.8. The largest absolute Gasteiger partial charge is 0.494 e. The van der Waals surface area contributed by atoms with Gasteiger partial charge in [-0.05, 0) is 42.8 Å². The van der Waals surface area contributed by atoms with Crippen molar-refractivity contribution in [3.63, 3.8) is 0 Å². The number of carbonyl (C=O) groups is 2.